The van der Waals surface area contributed by atoms with Gasteiger partial charge in [0.2, 0.25) is 0 Å². The molecule has 3 aromatic carbocycles. The summed E-state index contributed by atoms with van der Waals surface area (Å²) < 4.78 is 0. The molecule has 0 spiro atoms. The van der Waals surface area contributed by atoms with Crippen LogP contribution in [0.25, 0.3) is 0 Å². The molecule has 0 bridgehead atoms. The van der Waals surface area contributed by atoms with E-state index < -0.39 is 52.5 Å². The van der Waals surface area contributed by atoms with Gasteiger partial charge in [0.05, 0.1) is 17.3 Å². The number of carbonyl (C=O) groups is 5. The fourth-order valence-corrected chi connectivity index (χ4v) is 3.77. The average Bonchev–Trinajstić information content (AvgIpc) is 2.98. The van der Waals surface area contributed by atoms with Crippen molar-refractivity contribution in [1.82, 2.24) is 0 Å². The molecule has 13 heteroatoms. The second-order valence-corrected chi connectivity index (χ2v) is 11.2. The van der Waals surface area contributed by atoms with Crippen LogP contribution in [0.1, 0.15) is 66.6 Å². The molecule has 0 fully saturated rings. The minimum Gasteiger partial charge on any atom is -0.481 e. The van der Waals surface area contributed by atoms with Crippen LogP contribution in [0.4, 0.5) is 5.69 Å². The number of halogens is 1. The summed E-state index contributed by atoms with van der Waals surface area (Å²) in [6, 6.07) is 18.9. The Hall–Kier alpha value is -5.36. The normalized spacial score (nSPS) is 11.0. The van der Waals surface area contributed by atoms with Gasteiger partial charge >= 0.3 is 23.9 Å². The fourth-order valence-electron chi connectivity index (χ4n) is 3.65. The lowest BCUT2D eigenvalue weighted by molar-refractivity contribution is -0.384. The molecule has 0 heterocycles. The van der Waals surface area contributed by atoms with E-state index in [1.54, 1.807) is 0 Å². The third-order valence-corrected chi connectivity index (χ3v) is 6.52. The number of Topliss-reactive ketones (excluding diaryl/α,β-unsaturated/α-hetero) is 1. The zero-order valence-corrected chi connectivity index (χ0v) is 26.1. The molecule has 244 valence electrons. The first kappa shape index (κ1) is 38.7. The van der Waals surface area contributed by atoms with Gasteiger partial charge in [-0.15, -0.1) is 0 Å². The van der Waals surface area contributed by atoms with Gasteiger partial charge in [-0.25, -0.2) is 4.79 Å². The summed E-state index contributed by atoms with van der Waals surface area (Å²) in [7, 11) is 0. The smallest absolute Gasteiger partial charge is 0.339 e. The third-order valence-electron chi connectivity index (χ3n) is 6.27. The largest absolute Gasteiger partial charge is 0.481 e. The third kappa shape index (κ3) is 13.5. The minimum atomic E-state index is -1.31. The number of ketones is 1. The molecule has 0 aliphatic heterocycles. The number of aliphatic carboxylic acids is 4. The molecule has 0 amide bonds. The topological polar surface area (TPSA) is 209 Å². The van der Waals surface area contributed by atoms with Gasteiger partial charge in [0.25, 0.3) is 5.69 Å². The highest BCUT2D eigenvalue weighted by atomic mass is 35.5. The van der Waals surface area contributed by atoms with Crippen molar-refractivity contribution < 1.29 is 49.3 Å². The molecule has 3 aromatic rings. The molecule has 0 aromatic heterocycles. The molecule has 12 nitrogen and oxygen atoms in total. The van der Waals surface area contributed by atoms with E-state index in [-0.39, 0.29) is 28.7 Å². The number of aryl methyl sites for hydroxylation is 1. The Morgan fingerprint density at radius 2 is 1.35 bits per heavy atom. The second-order valence-electron chi connectivity index (χ2n) is 10.8. The van der Waals surface area contributed by atoms with Gasteiger partial charge in [-0.3, -0.25) is 29.3 Å². The molecule has 3 rings (SSSR count). The highest BCUT2D eigenvalue weighted by molar-refractivity contribution is 6.31. The Labute approximate surface area is 269 Å². The highest BCUT2D eigenvalue weighted by Crippen LogP contribution is 2.23. The number of hydrogen-bond donors (Lipinski definition) is 4. The standard InChI is InChI=1S/C13H18O2.C10H7ClO3.C10H9NO6/c1-13(2,3)11-7-4-10(5-8-11)6-9-12(14)15;1-6(10(13)14)9(12)7-2-4-8(11)5-3-7;12-9(13)5-8(10(14)15)6-1-3-7(4-2-6)11(16)17/h4-5,7-8H,6,9H2,1-3H3,(H,14,15);2-5H,1H2,(H,13,14);1-4,8H,5H2,(H,12,13)(H,14,15). The number of carboxylic acid groups (broad SMARTS) is 4. The lowest BCUT2D eigenvalue weighted by Gasteiger charge is -2.19. The maximum Gasteiger partial charge on any atom is 0.339 e. The molecule has 0 aliphatic carbocycles. The van der Waals surface area contributed by atoms with Gasteiger partial charge in [-0.05, 0) is 52.8 Å². The zero-order valence-electron chi connectivity index (χ0n) is 25.3. The SMILES string of the molecule is C=C(C(=O)O)C(=O)c1ccc(Cl)cc1.CC(C)(C)c1ccc(CCC(=O)O)cc1.O=C(O)CC(C(=O)O)c1ccc([N+](=O)[O-])cc1. The second kappa shape index (κ2) is 17.8. The van der Waals surface area contributed by atoms with Crippen LogP contribution >= 0.6 is 11.6 Å². The first-order valence-electron chi connectivity index (χ1n) is 13.6. The quantitative estimate of drug-likeness (QED) is 0.0443. The Morgan fingerprint density at radius 3 is 1.74 bits per heavy atom. The molecule has 0 radical (unpaired) electrons. The van der Waals surface area contributed by atoms with Crippen molar-refractivity contribution in [2.75, 3.05) is 0 Å². The van der Waals surface area contributed by atoms with E-state index in [1.165, 1.54) is 42.0 Å². The number of nitrogens with zero attached hydrogens (tertiary/aromatic N) is 1. The van der Waals surface area contributed by atoms with Crippen LogP contribution in [-0.2, 0) is 31.0 Å². The van der Waals surface area contributed by atoms with Crippen LogP contribution in [0.2, 0.25) is 5.02 Å². The van der Waals surface area contributed by atoms with Crippen molar-refractivity contribution in [3.63, 3.8) is 0 Å². The van der Waals surface area contributed by atoms with E-state index in [0.717, 1.165) is 17.7 Å². The molecule has 0 saturated carbocycles. The summed E-state index contributed by atoms with van der Waals surface area (Å²) in [5.74, 6) is -6.38. The van der Waals surface area contributed by atoms with Gasteiger partial charge < -0.3 is 20.4 Å². The molecular formula is C33H34ClNO11. The number of nitro groups is 1. The minimum absolute atomic E-state index is 0.158. The highest BCUT2D eigenvalue weighted by Gasteiger charge is 2.23. The lowest BCUT2D eigenvalue weighted by atomic mass is 9.86. The molecule has 0 aliphatic rings. The summed E-state index contributed by atoms with van der Waals surface area (Å²) >= 11 is 5.61. The first-order chi connectivity index (χ1) is 21.3. The van der Waals surface area contributed by atoms with Gasteiger partial charge in [0.1, 0.15) is 5.57 Å². The predicted molar refractivity (Wildman–Crippen MR) is 169 cm³/mol. The number of hydrogen-bond acceptors (Lipinski definition) is 7. The van der Waals surface area contributed by atoms with Gasteiger partial charge in [0.15, 0.2) is 5.78 Å². The van der Waals surface area contributed by atoms with E-state index in [2.05, 4.69) is 39.5 Å². The molecule has 4 N–H and O–H groups in total. The Kier molecular flexibility index (Phi) is 15.0. The molecule has 1 unspecified atom stereocenters. The van der Waals surface area contributed by atoms with E-state index in [4.69, 9.17) is 32.0 Å². The molecule has 46 heavy (non-hydrogen) atoms. The van der Waals surface area contributed by atoms with Gasteiger partial charge in [-0.2, -0.15) is 0 Å². The Morgan fingerprint density at radius 1 is 0.826 bits per heavy atom. The van der Waals surface area contributed by atoms with Crippen LogP contribution in [0, 0.1) is 10.1 Å². The van der Waals surface area contributed by atoms with Crippen molar-refractivity contribution in [3.8, 4) is 0 Å². The Bertz CT molecular complexity index is 1560. The van der Waals surface area contributed by atoms with E-state index in [0.29, 0.717) is 11.4 Å². The van der Waals surface area contributed by atoms with E-state index in [9.17, 15) is 34.1 Å². The molecular weight excluding hydrogens is 622 g/mol. The summed E-state index contributed by atoms with van der Waals surface area (Å²) in [4.78, 5) is 63.3. The first-order valence-corrected chi connectivity index (χ1v) is 13.9. The van der Waals surface area contributed by atoms with Crippen molar-refractivity contribution in [2.24, 2.45) is 0 Å². The van der Waals surface area contributed by atoms with Gasteiger partial charge in [-0.1, -0.05) is 75.3 Å². The van der Waals surface area contributed by atoms with Crippen molar-refractivity contribution >= 4 is 46.9 Å². The number of carboxylic acids is 4. The summed E-state index contributed by atoms with van der Waals surface area (Å²) in [6.45, 7) is 9.67. The van der Waals surface area contributed by atoms with E-state index in [1.807, 2.05) is 12.1 Å². The summed E-state index contributed by atoms with van der Waals surface area (Å²) in [6.07, 6.45) is 0.252. The van der Waals surface area contributed by atoms with Crippen LogP contribution in [0.15, 0.2) is 84.9 Å². The zero-order chi connectivity index (χ0) is 35.2. The summed E-state index contributed by atoms with van der Waals surface area (Å²) in [5.41, 5.74) is 2.39. The number of nitro benzene ring substituents is 1. The molecule has 0 saturated heterocycles. The molecule has 1 atom stereocenters. The van der Waals surface area contributed by atoms with Crippen LogP contribution in [0.5, 0.6) is 0 Å². The maximum atomic E-state index is 11.4. The van der Waals surface area contributed by atoms with Crippen LogP contribution in [-0.4, -0.2) is 55.0 Å². The van der Waals surface area contributed by atoms with Crippen molar-refractivity contribution in [3.05, 3.63) is 122 Å². The monoisotopic (exact) mass is 655 g/mol. The van der Waals surface area contributed by atoms with Crippen LogP contribution < -0.4 is 0 Å². The summed E-state index contributed by atoms with van der Waals surface area (Å²) in [5, 5.41) is 45.4. The average molecular weight is 656 g/mol. The van der Waals surface area contributed by atoms with Crippen molar-refractivity contribution in [1.29, 1.82) is 0 Å². The number of benzene rings is 3. The number of rotatable bonds is 11. The predicted octanol–water partition coefficient (Wildman–Crippen LogP) is 6.40. The van der Waals surface area contributed by atoms with Crippen LogP contribution in [0.3, 0.4) is 0 Å². The lowest BCUT2D eigenvalue weighted by Crippen LogP contribution is -2.15. The van der Waals surface area contributed by atoms with Crippen molar-refractivity contribution in [2.45, 2.75) is 51.4 Å². The Balaban J connectivity index is 0.000000347. The number of non-ortho nitro benzene ring substituents is 1. The maximum absolute atomic E-state index is 11.4. The van der Waals surface area contributed by atoms with E-state index >= 15 is 0 Å². The number of carbonyl (C=O) groups excluding carboxylic acids is 1. The van der Waals surface area contributed by atoms with Gasteiger partial charge in [0, 0.05) is 29.1 Å². The fraction of sp³-hybridized carbons (Fsp3) is 0.242.